The van der Waals surface area contributed by atoms with Crippen LogP contribution in [-0.4, -0.2) is 41.3 Å². The van der Waals surface area contributed by atoms with Crippen LogP contribution < -0.4 is 10.4 Å². The van der Waals surface area contributed by atoms with E-state index in [4.69, 9.17) is 9.47 Å². The molecule has 0 saturated heterocycles. The molecule has 0 spiro atoms. The summed E-state index contributed by atoms with van der Waals surface area (Å²) in [5.74, 6) is -0.837. The molecule has 0 heterocycles. The van der Waals surface area contributed by atoms with Gasteiger partial charge in [-0.3, -0.25) is 0 Å². The van der Waals surface area contributed by atoms with Crippen LogP contribution in [0.4, 0.5) is 0 Å². The normalized spacial score (nSPS) is 12.0. The second-order valence-corrected chi connectivity index (χ2v) is 17.9. The van der Waals surface area contributed by atoms with Crippen molar-refractivity contribution in [3.05, 3.63) is 23.3 Å². The highest BCUT2D eigenvalue weighted by atomic mass is 28.3. The van der Waals surface area contributed by atoms with E-state index >= 15 is 0 Å². The minimum Gasteiger partial charge on any atom is -0.462 e. The van der Waals surface area contributed by atoms with Crippen molar-refractivity contribution in [1.82, 2.24) is 0 Å². The summed E-state index contributed by atoms with van der Waals surface area (Å²) in [5.41, 5.74) is 0.851. The maximum absolute atomic E-state index is 12.7. The zero-order valence-corrected chi connectivity index (χ0v) is 18.2. The molecule has 0 amide bonds. The number of carbonyl (C=O) groups is 2. The lowest BCUT2D eigenvalue weighted by atomic mass is 10.1. The van der Waals surface area contributed by atoms with E-state index < -0.39 is 28.1 Å². The van der Waals surface area contributed by atoms with Gasteiger partial charge in [0.1, 0.15) is 0 Å². The van der Waals surface area contributed by atoms with Gasteiger partial charge in [-0.1, -0.05) is 51.4 Å². The summed E-state index contributed by atoms with van der Waals surface area (Å²) >= 11 is 0. The highest BCUT2D eigenvalue weighted by Crippen LogP contribution is 2.18. The lowest BCUT2D eigenvalue weighted by Crippen LogP contribution is -2.49. The Morgan fingerprint density at radius 2 is 1.04 bits per heavy atom. The minimum absolute atomic E-state index is 0.281. The van der Waals surface area contributed by atoms with Gasteiger partial charge >= 0.3 is 11.9 Å². The van der Waals surface area contributed by atoms with E-state index in [1.807, 2.05) is 12.1 Å². The average molecular weight is 367 g/mol. The van der Waals surface area contributed by atoms with Crippen LogP contribution >= 0.6 is 0 Å². The molecule has 0 aliphatic heterocycles. The zero-order chi connectivity index (χ0) is 18.7. The Kier molecular flexibility index (Phi) is 6.58. The maximum Gasteiger partial charge on any atom is 0.338 e. The van der Waals surface area contributed by atoms with Crippen molar-refractivity contribution in [3.63, 3.8) is 0 Å². The molecule has 0 saturated carbocycles. The Balaban J connectivity index is 3.85. The van der Waals surface area contributed by atoms with Gasteiger partial charge in [0.2, 0.25) is 0 Å². The molecule has 0 radical (unpaired) electrons. The van der Waals surface area contributed by atoms with Crippen LogP contribution in [-0.2, 0) is 9.47 Å². The molecule has 0 aromatic heterocycles. The molecular formula is C18H30O4Si2. The zero-order valence-electron chi connectivity index (χ0n) is 16.2. The molecule has 134 valence electrons. The summed E-state index contributed by atoms with van der Waals surface area (Å²) in [6.45, 7) is 17.1. The second-order valence-electron chi connectivity index (χ2n) is 7.85. The molecule has 0 aliphatic rings. The van der Waals surface area contributed by atoms with Crippen molar-refractivity contribution in [2.24, 2.45) is 0 Å². The van der Waals surface area contributed by atoms with Crippen LogP contribution in [0.3, 0.4) is 0 Å². The van der Waals surface area contributed by atoms with Crippen molar-refractivity contribution in [3.8, 4) is 0 Å². The molecule has 0 fully saturated rings. The Labute approximate surface area is 147 Å². The molecule has 0 bridgehead atoms. The topological polar surface area (TPSA) is 52.6 Å². The predicted molar refractivity (Wildman–Crippen MR) is 104 cm³/mol. The summed E-state index contributed by atoms with van der Waals surface area (Å²) in [7, 11) is -3.69. The first-order valence-electron chi connectivity index (χ1n) is 8.47. The Morgan fingerprint density at radius 1 is 0.750 bits per heavy atom. The summed E-state index contributed by atoms with van der Waals surface area (Å²) in [6.07, 6.45) is 0. The van der Waals surface area contributed by atoms with Gasteiger partial charge in [-0.15, -0.1) is 0 Å². The van der Waals surface area contributed by atoms with Crippen LogP contribution in [0.5, 0.6) is 0 Å². The predicted octanol–water partition coefficient (Wildman–Crippen LogP) is 3.13. The van der Waals surface area contributed by atoms with Gasteiger partial charge in [0.15, 0.2) is 0 Å². The van der Waals surface area contributed by atoms with Crippen LogP contribution in [0.1, 0.15) is 34.6 Å². The monoisotopic (exact) mass is 366 g/mol. The number of esters is 2. The van der Waals surface area contributed by atoms with Crippen LogP contribution in [0, 0.1) is 0 Å². The number of benzene rings is 1. The first-order valence-corrected chi connectivity index (χ1v) is 15.5. The molecule has 6 heteroatoms. The third-order valence-corrected chi connectivity index (χ3v) is 7.85. The van der Waals surface area contributed by atoms with E-state index in [1.165, 1.54) is 0 Å². The van der Waals surface area contributed by atoms with Crippen LogP contribution in [0.2, 0.25) is 39.3 Å². The number of hydrogen-bond acceptors (Lipinski definition) is 4. The molecular weight excluding hydrogens is 336 g/mol. The number of carbonyl (C=O) groups excluding carboxylic acids is 2. The standard InChI is InChI=1S/C18H30O4Si2/c1-9-21-17(19)15-13(23(3,4)5)11-12-14(24(6,7)8)16(15)18(20)22-10-2/h11-12H,9-10H2,1-8H3. The first-order chi connectivity index (χ1) is 10.9. The van der Waals surface area contributed by atoms with Crippen molar-refractivity contribution in [1.29, 1.82) is 0 Å². The number of hydrogen-bond donors (Lipinski definition) is 0. The van der Waals surface area contributed by atoms with E-state index in [1.54, 1.807) is 13.8 Å². The lowest BCUT2D eigenvalue weighted by Gasteiger charge is -2.27. The van der Waals surface area contributed by atoms with Crippen LogP contribution in [0.25, 0.3) is 0 Å². The summed E-state index contributed by atoms with van der Waals surface area (Å²) in [4.78, 5) is 25.5. The average Bonchev–Trinajstić information content (AvgIpc) is 2.44. The molecule has 0 aliphatic carbocycles. The Hall–Kier alpha value is -1.41. The third-order valence-electron chi connectivity index (χ3n) is 3.78. The smallest absolute Gasteiger partial charge is 0.338 e. The highest BCUT2D eigenvalue weighted by molar-refractivity contribution is 6.91. The molecule has 1 rings (SSSR count). The molecule has 1 aromatic carbocycles. The minimum atomic E-state index is -1.85. The van der Waals surface area contributed by atoms with E-state index in [9.17, 15) is 9.59 Å². The Morgan fingerprint density at radius 3 is 1.25 bits per heavy atom. The van der Waals surface area contributed by atoms with Gasteiger partial charge in [0, 0.05) is 0 Å². The summed E-state index contributed by atoms with van der Waals surface area (Å²) in [5, 5.41) is 1.90. The summed E-state index contributed by atoms with van der Waals surface area (Å²) < 4.78 is 10.6. The molecule has 1 aromatic rings. The molecule has 0 unspecified atom stereocenters. The Bertz CT molecular complexity index is 570. The van der Waals surface area contributed by atoms with Crippen molar-refractivity contribution >= 4 is 38.5 Å². The quantitative estimate of drug-likeness (QED) is 0.573. The fourth-order valence-corrected chi connectivity index (χ4v) is 5.80. The lowest BCUT2D eigenvalue weighted by molar-refractivity contribution is 0.0481. The fraction of sp³-hybridized carbons (Fsp3) is 0.556. The largest absolute Gasteiger partial charge is 0.462 e. The SMILES string of the molecule is CCOC(=O)c1c([Si](C)(C)C)ccc([Si](C)(C)C)c1C(=O)OCC. The molecule has 4 nitrogen and oxygen atoms in total. The van der Waals surface area contributed by atoms with Gasteiger partial charge in [0.05, 0.1) is 40.5 Å². The van der Waals surface area contributed by atoms with E-state index in [0.717, 1.165) is 10.4 Å². The first kappa shape index (κ1) is 20.6. The van der Waals surface area contributed by atoms with Crippen molar-refractivity contribution in [2.75, 3.05) is 13.2 Å². The highest BCUT2D eigenvalue weighted by Gasteiger charge is 2.34. The molecule has 24 heavy (non-hydrogen) atoms. The van der Waals surface area contributed by atoms with Gasteiger partial charge < -0.3 is 9.47 Å². The van der Waals surface area contributed by atoms with Gasteiger partial charge in [-0.2, -0.15) is 0 Å². The van der Waals surface area contributed by atoms with Gasteiger partial charge in [-0.25, -0.2) is 9.59 Å². The van der Waals surface area contributed by atoms with Crippen molar-refractivity contribution in [2.45, 2.75) is 53.1 Å². The molecule has 0 atom stereocenters. The second kappa shape index (κ2) is 7.65. The number of rotatable bonds is 6. The fourth-order valence-electron chi connectivity index (χ4n) is 2.68. The molecule has 0 N–H and O–H groups in total. The number of ether oxygens (including phenoxy) is 2. The van der Waals surface area contributed by atoms with Gasteiger partial charge in [0.25, 0.3) is 0 Å². The third kappa shape index (κ3) is 4.57. The van der Waals surface area contributed by atoms with E-state index in [0.29, 0.717) is 11.1 Å². The van der Waals surface area contributed by atoms with Gasteiger partial charge in [-0.05, 0) is 24.2 Å². The van der Waals surface area contributed by atoms with E-state index in [2.05, 4.69) is 39.3 Å². The summed E-state index contributed by atoms with van der Waals surface area (Å²) in [6, 6.07) is 4.05. The van der Waals surface area contributed by atoms with E-state index in [-0.39, 0.29) is 13.2 Å². The van der Waals surface area contributed by atoms with Crippen LogP contribution in [0.15, 0.2) is 12.1 Å². The van der Waals surface area contributed by atoms with Crippen molar-refractivity contribution < 1.29 is 19.1 Å². The maximum atomic E-state index is 12.7.